The van der Waals surface area contributed by atoms with Gasteiger partial charge in [-0.05, 0) is 75.8 Å². The van der Waals surface area contributed by atoms with Gasteiger partial charge in [-0.25, -0.2) is 4.79 Å². The average Bonchev–Trinajstić information content (AvgIpc) is 3.80. The van der Waals surface area contributed by atoms with E-state index >= 15 is 0 Å². The van der Waals surface area contributed by atoms with Crippen molar-refractivity contribution in [3.63, 3.8) is 0 Å². The van der Waals surface area contributed by atoms with Gasteiger partial charge in [0.05, 0.1) is 12.2 Å². The van der Waals surface area contributed by atoms with E-state index in [9.17, 15) is 4.79 Å². The summed E-state index contributed by atoms with van der Waals surface area (Å²) < 4.78 is 6.54. The number of fused-ring (bicyclic) bond motifs is 3. The Hall–Kier alpha value is -3.29. The van der Waals surface area contributed by atoms with Gasteiger partial charge in [0.25, 0.3) is 0 Å². The summed E-state index contributed by atoms with van der Waals surface area (Å²) in [5.41, 5.74) is 4.53. The number of thiophene rings is 3. The van der Waals surface area contributed by atoms with Crippen molar-refractivity contribution in [1.29, 1.82) is 0 Å². The minimum absolute atomic E-state index is 0.183. The molecule has 0 spiro atoms. The van der Waals surface area contributed by atoms with Crippen LogP contribution in [0, 0.1) is 6.92 Å². The van der Waals surface area contributed by atoms with Gasteiger partial charge in [0.15, 0.2) is 0 Å². The van der Waals surface area contributed by atoms with Crippen molar-refractivity contribution in [3.8, 4) is 0 Å². The lowest BCUT2D eigenvalue weighted by atomic mass is 10.0. The molecule has 0 unspecified atom stereocenters. The summed E-state index contributed by atoms with van der Waals surface area (Å²) in [7, 11) is 0. The summed E-state index contributed by atoms with van der Waals surface area (Å²) in [6, 6.07) is 27.6. The Labute approximate surface area is 262 Å². The van der Waals surface area contributed by atoms with Crippen molar-refractivity contribution in [1.82, 2.24) is 4.90 Å². The van der Waals surface area contributed by atoms with Crippen molar-refractivity contribution in [2.75, 3.05) is 13.2 Å². The molecule has 0 atom stereocenters. The number of hydrogen-bond donors (Lipinski definition) is 0. The molecule has 3 nitrogen and oxygen atoms in total. The summed E-state index contributed by atoms with van der Waals surface area (Å²) >= 11 is 5.23. The fourth-order valence-corrected chi connectivity index (χ4v) is 7.25. The largest absolute Gasteiger partial charge is 0.462 e. The Morgan fingerprint density at radius 1 is 0.833 bits per heavy atom. The van der Waals surface area contributed by atoms with Crippen molar-refractivity contribution < 1.29 is 9.53 Å². The highest BCUT2D eigenvalue weighted by atomic mass is 32.1. The van der Waals surface area contributed by atoms with E-state index in [1.807, 2.05) is 26.2 Å². The Morgan fingerprint density at radius 3 is 2.17 bits per heavy atom. The molecule has 0 saturated heterocycles. The molecule has 3 aromatic heterocycles. The highest BCUT2D eigenvalue weighted by Gasteiger charge is 2.24. The van der Waals surface area contributed by atoms with Gasteiger partial charge in [0.2, 0.25) is 0 Å². The van der Waals surface area contributed by atoms with Gasteiger partial charge in [-0.15, -0.1) is 22.7 Å². The maximum atomic E-state index is 12.0. The summed E-state index contributed by atoms with van der Waals surface area (Å²) in [4.78, 5) is 15.8. The third-order valence-corrected chi connectivity index (χ3v) is 9.55. The first-order chi connectivity index (χ1) is 20.6. The topological polar surface area (TPSA) is 29.5 Å². The number of rotatable bonds is 4. The first kappa shape index (κ1) is 31.6. The number of nitrogens with zero attached hydrogens (tertiary/aromatic N) is 1. The number of carbonyl (C=O) groups excluding carboxylic acids is 1. The normalized spacial score (nSPS) is 12.2. The quantitative estimate of drug-likeness (QED) is 0.185. The Balaban J connectivity index is 0.000000165. The predicted molar refractivity (Wildman–Crippen MR) is 184 cm³/mol. The molecular formula is C36H39NO2S3. The number of esters is 1. The van der Waals surface area contributed by atoms with Gasteiger partial charge in [-0.2, -0.15) is 11.3 Å². The van der Waals surface area contributed by atoms with Gasteiger partial charge in [-0.1, -0.05) is 86.1 Å². The van der Waals surface area contributed by atoms with Crippen molar-refractivity contribution in [3.05, 3.63) is 128 Å². The molecule has 218 valence electrons. The van der Waals surface area contributed by atoms with Crippen LogP contribution in [0.5, 0.6) is 0 Å². The maximum absolute atomic E-state index is 12.0. The summed E-state index contributed by atoms with van der Waals surface area (Å²) in [6.07, 6.45) is 1.02. The monoisotopic (exact) mass is 613 g/mol. The molecule has 6 heteroatoms. The third kappa shape index (κ3) is 8.62. The minimum atomic E-state index is -0.183. The maximum Gasteiger partial charge on any atom is 0.339 e. The third-order valence-electron chi connectivity index (χ3n) is 6.79. The standard InChI is InChI=1S/C18H21NO2S.2C8H6S.C2H6/c1-3-21-18(20)16-12-22-17-8-9-19(11-15(16)17)10-14-6-4-13(2)5-7-14;1-2-4-8-6-9-5-7(8)3-1;1-2-4-8-7(3-1)5-6-9-8;1-2/h4-7,12H,3,8-11H2,1-2H3;2*1-6H;1-2H3. The van der Waals surface area contributed by atoms with E-state index in [0.29, 0.717) is 6.61 Å². The van der Waals surface area contributed by atoms with Crippen LogP contribution in [-0.4, -0.2) is 24.0 Å². The molecule has 0 saturated carbocycles. The lowest BCUT2D eigenvalue weighted by molar-refractivity contribution is 0.0524. The lowest BCUT2D eigenvalue weighted by Crippen LogP contribution is -2.30. The summed E-state index contributed by atoms with van der Waals surface area (Å²) in [6.45, 7) is 11.2. The SMILES string of the molecule is CC.CCOC(=O)c1csc2c1CN(Cc1ccc(C)cc1)CC2.c1ccc2cscc2c1.c1ccc2sccc2c1. The number of carbonyl (C=O) groups is 1. The Morgan fingerprint density at radius 2 is 1.50 bits per heavy atom. The highest BCUT2D eigenvalue weighted by Crippen LogP contribution is 2.30. The zero-order chi connectivity index (χ0) is 29.7. The van der Waals surface area contributed by atoms with Crippen molar-refractivity contribution in [2.24, 2.45) is 0 Å². The smallest absolute Gasteiger partial charge is 0.339 e. The van der Waals surface area contributed by atoms with E-state index in [1.54, 1.807) is 34.0 Å². The molecule has 0 amide bonds. The molecule has 1 aliphatic rings. The minimum Gasteiger partial charge on any atom is -0.462 e. The van der Waals surface area contributed by atoms with Crippen LogP contribution < -0.4 is 0 Å². The van der Waals surface area contributed by atoms with E-state index in [0.717, 1.165) is 31.6 Å². The summed E-state index contributed by atoms with van der Waals surface area (Å²) in [5.74, 6) is -0.183. The van der Waals surface area contributed by atoms with Gasteiger partial charge in [0.1, 0.15) is 0 Å². The van der Waals surface area contributed by atoms with Crippen LogP contribution in [0.25, 0.3) is 20.9 Å². The number of benzene rings is 3. The molecule has 0 aliphatic carbocycles. The first-order valence-corrected chi connectivity index (χ1v) is 17.2. The Kier molecular flexibility index (Phi) is 12.3. The van der Waals surface area contributed by atoms with Crippen LogP contribution in [0.3, 0.4) is 0 Å². The molecule has 4 heterocycles. The van der Waals surface area contributed by atoms with Crippen LogP contribution in [0.2, 0.25) is 0 Å². The van der Waals surface area contributed by atoms with Crippen LogP contribution in [-0.2, 0) is 24.2 Å². The molecule has 0 N–H and O–H groups in total. The summed E-state index contributed by atoms with van der Waals surface area (Å²) in [5, 5.41) is 12.4. The van der Waals surface area contributed by atoms with Gasteiger partial charge in [0, 0.05) is 34.6 Å². The average molecular weight is 614 g/mol. The van der Waals surface area contributed by atoms with E-state index < -0.39 is 0 Å². The molecule has 0 fully saturated rings. The van der Waals surface area contributed by atoms with Crippen LogP contribution in [0.4, 0.5) is 0 Å². The fraction of sp³-hybridized carbons (Fsp3) is 0.250. The number of ether oxygens (including phenoxy) is 1. The zero-order valence-corrected chi connectivity index (χ0v) is 27.3. The molecule has 3 aromatic carbocycles. The molecular weight excluding hydrogens is 575 g/mol. The van der Waals surface area contributed by atoms with Crippen LogP contribution in [0.1, 0.15) is 52.7 Å². The van der Waals surface area contributed by atoms with Crippen LogP contribution in [0.15, 0.2) is 100 Å². The van der Waals surface area contributed by atoms with Crippen molar-refractivity contribution >= 4 is 60.8 Å². The second-order valence-electron chi connectivity index (χ2n) is 9.68. The molecule has 6 aromatic rings. The molecule has 7 rings (SSSR count). The zero-order valence-electron chi connectivity index (χ0n) is 24.8. The molecule has 0 bridgehead atoms. The van der Waals surface area contributed by atoms with E-state index in [1.165, 1.54) is 42.4 Å². The van der Waals surface area contributed by atoms with E-state index in [-0.39, 0.29) is 5.97 Å². The number of aryl methyl sites for hydroxylation is 1. The van der Waals surface area contributed by atoms with Crippen LogP contribution >= 0.6 is 34.0 Å². The van der Waals surface area contributed by atoms with E-state index in [4.69, 9.17) is 4.74 Å². The molecule has 42 heavy (non-hydrogen) atoms. The fourth-order valence-electron chi connectivity index (χ4n) is 4.65. The van der Waals surface area contributed by atoms with Gasteiger partial charge >= 0.3 is 5.97 Å². The van der Waals surface area contributed by atoms with Gasteiger partial charge in [-0.3, -0.25) is 4.90 Å². The second-order valence-corrected chi connectivity index (χ2v) is 12.3. The second kappa shape index (κ2) is 16.4. The predicted octanol–water partition coefficient (Wildman–Crippen LogP) is 10.6. The number of hydrogen-bond acceptors (Lipinski definition) is 6. The van der Waals surface area contributed by atoms with Gasteiger partial charge < -0.3 is 4.74 Å². The highest BCUT2D eigenvalue weighted by molar-refractivity contribution is 7.17. The Bertz CT molecular complexity index is 1540. The molecule has 1 aliphatic heterocycles. The van der Waals surface area contributed by atoms with E-state index in [2.05, 4.69) is 107 Å². The molecule has 0 radical (unpaired) electrons. The van der Waals surface area contributed by atoms with Crippen molar-refractivity contribution in [2.45, 2.75) is 47.2 Å². The lowest BCUT2D eigenvalue weighted by Gasteiger charge is -2.27. The first-order valence-electron chi connectivity index (χ1n) is 14.5.